The molecule has 1 aliphatic rings. The Morgan fingerprint density at radius 1 is 1.71 bits per heavy atom. The highest BCUT2D eigenvalue weighted by Crippen LogP contribution is 2.27. The first-order valence-electron chi connectivity index (χ1n) is 5.39. The number of hydrogen-bond acceptors (Lipinski definition) is 6. The summed E-state index contributed by atoms with van der Waals surface area (Å²) in [6.07, 6.45) is 1.08. The molecular formula is C10H15N5O2. The second-order valence-electron chi connectivity index (χ2n) is 4.06. The van der Waals surface area contributed by atoms with Crippen LogP contribution in [0.5, 0.6) is 0 Å². The predicted molar refractivity (Wildman–Crippen MR) is 59.4 cm³/mol. The molecule has 0 spiro atoms. The fourth-order valence-electron chi connectivity index (χ4n) is 1.95. The molecule has 0 bridgehead atoms. The molecule has 2 rings (SSSR count). The molecule has 0 aliphatic carbocycles. The fraction of sp³-hybridized carbons (Fsp3) is 0.600. The van der Waals surface area contributed by atoms with E-state index in [-0.39, 0.29) is 17.8 Å². The summed E-state index contributed by atoms with van der Waals surface area (Å²) in [5.41, 5.74) is 11.4. The lowest BCUT2D eigenvalue weighted by Gasteiger charge is -2.26. The van der Waals surface area contributed by atoms with Crippen molar-refractivity contribution in [3.05, 3.63) is 11.8 Å². The monoisotopic (exact) mass is 237 g/mol. The van der Waals surface area contributed by atoms with Gasteiger partial charge in [0, 0.05) is 12.8 Å². The van der Waals surface area contributed by atoms with Gasteiger partial charge in [0.2, 0.25) is 0 Å². The largest absolute Gasteiger partial charge is 0.382 e. The number of hydrogen-bond donors (Lipinski definition) is 3. The van der Waals surface area contributed by atoms with Crippen LogP contribution in [0.4, 0.5) is 5.82 Å². The normalized spacial score (nSPS) is 26.4. The lowest BCUT2D eigenvalue weighted by molar-refractivity contribution is 0.0341. The molecular weight excluding hydrogens is 222 g/mol. The zero-order chi connectivity index (χ0) is 12.4. The number of nitrogen functional groups attached to an aromatic ring is 1. The Morgan fingerprint density at radius 2 is 2.47 bits per heavy atom. The molecule has 0 aromatic carbocycles. The molecule has 92 valence electrons. The summed E-state index contributed by atoms with van der Waals surface area (Å²) in [5.74, 6) is 0.0214. The third kappa shape index (κ3) is 2.24. The van der Waals surface area contributed by atoms with E-state index in [1.165, 1.54) is 0 Å². The number of aliphatic hydroxyl groups excluding tert-OH is 1. The second kappa shape index (κ2) is 4.71. The average Bonchev–Trinajstić information content (AvgIpc) is 2.71. The van der Waals surface area contributed by atoms with Crippen molar-refractivity contribution in [2.24, 2.45) is 11.7 Å². The van der Waals surface area contributed by atoms with Crippen molar-refractivity contribution in [2.45, 2.75) is 18.7 Å². The van der Waals surface area contributed by atoms with Crippen LogP contribution in [-0.4, -0.2) is 28.1 Å². The Bertz CT molecular complexity index is 436. The second-order valence-corrected chi connectivity index (χ2v) is 4.06. The van der Waals surface area contributed by atoms with E-state index >= 15 is 0 Å². The van der Waals surface area contributed by atoms with Gasteiger partial charge in [-0.3, -0.25) is 4.68 Å². The SMILES string of the molecule is N#CC1CCOCC1n1cc(C(N)O)c(N)n1. The maximum atomic E-state index is 9.29. The van der Waals surface area contributed by atoms with Gasteiger partial charge in [0.1, 0.15) is 6.23 Å². The number of nitriles is 1. The van der Waals surface area contributed by atoms with Gasteiger partial charge in [0.15, 0.2) is 5.82 Å². The van der Waals surface area contributed by atoms with E-state index in [4.69, 9.17) is 21.5 Å². The minimum Gasteiger partial charge on any atom is -0.382 e. The quantitative estimate of drug-likeness (QED) is 0.597. The van der Waals surface area contributed by atoms with Gasteiger partial charge < -0.3 is 21.3 Å². The molecule has 2 heterocycles. The molecule has 0 radical (unpaired) electrons. The van der Waals surface area contributed by atoms with Crippen LogP contribution < -0.4 is 11.5 Å². The van der Waals surface area contributed by atoms with Crippen LogP contribution in [0.25, 0.3) is 0 Å². The third-order valence-corrected chi connectivity index (χ3v) is 2.94. The minimum atomic E-state index is -1.16. The number of nitrogens with zero attached hydrogens (tertiary/aromatic N) is 3. The Balaban J connectivity index is 2.27. The number of ether oxygens (including phenoxy) is 1. The van der Waals surface area contributed by atoms with E-state index < -0.39 is 6.23 Å². The zero-order valence-corrected chi connectivity index (χ0v) is 9.28. The van der Waals surface area contributed by atoms with Crippen molar-refractivity contribution >= 4 is 5.82 Å². The van der Waals surface area contributed by atoms with Gasteiger partial charge in [0.25, 0.3) is 0 Å². The van der Waals surface area contributed by atoms with Crippen LogP contribution in [0.2, 0.25) is 0 Å². The number of anilines is 1. The number of aliphatic hydroxyl groups is 1. The zero-order valence-electron chi connectivity index (χ0n) is 9.28. The summed E-state index contributed by atoms with van der Waals surface area (Å²) in [5, 5.41) is 22.4. The molecule has 7 nitrogen and oxygen atoms in total. The lowest BCUT2D eigenvalue weighted by Crippen LogP contribution is -2.29. The first kappa shape index (κ1) is 11.9. The van der Waals surface area contributed by atoms with E-state index in [2.05, 4.69) is 11.2 Å². The fourth-order valence-corrected chi connectivity index (χ4v) is 1.95. The van der Waals surface area contributed by atoms with Crippen LogP contribution in [0, 0.1) is 17.2 Å². The lowest BCUT2D eigenvalue weighted by atomic mass is 9.97. The molecule has 0 amide bonds. The van der Waals surface area contributed by atoms with Crippen LogP contribution in [0.15, 0.2) is 6.20 Å². The summed E-state index contributed by atoms with van der Waals surface area (Å²) in [6.45, 7) is 0.997. The summed E-state index contributed by atoms with van der Waals surface area (Å²) in [4.78, 5) is 0. The molecule has 1 aliphatic heterocycles. The summed E-state index contributed by atoms with van der Waals surface area (Å²) in [6, 6.07) is 2.06. The third-order valence-electron chi connectivity index (χ3n) is 2.94. The Labute approximate surface area is 98.6 Å². The molecule has 7 heteroatoms. The molecule has 1 saturated heterocycles. The highest BCUT2D eigenvalue weighted by molar-refractivity contribution is 5.38. The maximum Gasteiger partial charge on any atom is 0.152 e. The molecule has 1 fully saturated rings. The van der Waals surface area contributed by atoms with Crippen LogP contribution in [0.3, 0.4) is 0 Å². The standard InChI is InChI=1S/C10H15N5O2/c11-3-6-1-2-17-5-8(6)15-4-7(10(13)16)9(12)14-15/h4,6,8,10,16H,1-2,5,13H2,(H2,12,14). The van der Waals surface area contributed by atoms with Gasteiger partial charge in [-0.1, -0.05) is 0 Å². The number of rotatable bonds is 2. The summed E-state index contributed by atoms with van der Waals surface area (Å²) in [7, 11) is 0. The summed E-state index contributed by atoms with van der Waals surface area (Å²) >= 11 is 0. The topological polar surface area (TPSA) is 123 Å². The Morgan fingerprint density at radius 3 is 3.06 bits per heavy atom. The van der Waals surface area contributed by atoms with Gasteiger partial charge in [-0.25, -0.2) is 0 Å². The smallest absolute Gasteiger partial charge is 0.152 e. The highest BCUT2D eigenvalue weighted by atomic mass is 16.5. The minimum absolute atomic E-state index is 0.161. The van der Waals surface area contributed by atoms with E-state index in [0.29, 0.717) is 25.2 Å². The van der Waals surface area contributed by atoms with Gasteiger partial charge in [0.05, 0.1) is 30.2 Å². The summed E-state index contributed by atoms with van der Waals surface area (Å²) < 4.78 is 6.89. The van der Waals surface area contributed by atoms with Gasteiger partial charge in [-0.15, -0.1) is 0 Å². The molecule has 17 heavy (non-hydrogen) atoms. The van der Waals surface area contributed by atoms with Crippen LogP contribution in [-0.2, 0) is 4.74 Å². The predicted octanol–water partition coefficient (Wildman–Crippen LogP) is -0.484. The van der Waals surface area contributed by atoms with E-state index in [0.717, 1.165) is 0 Å². The maximum absolute atomic E-state index is 9.29. The van der Waals surface area contributed by atoms with Gasteiger partial charge >= 0.3 is 0 Å². The van der Waals surface area contributed by atoms with Crippen molar-refractivity contribution < 1.29 is 9.84 Å². The molecule has 0 saturated carbocycles. The first-order valence-corrected chi connectivity index (χ1v) is 5.39. The first-order chi connectivity index (χ1) is 8.13. The van der Waals surface area contributed by atoms with Gasteiger partial charge in [-0.05, 0) is 6.42 Å². The van der Waals surface area contributed by atoms with Crippen LogP contribution >= 0.6 is 0 Å². The van der Waals surface area contributed by atoms with Crippen LogP contribution in [0.1, 0.15) is 24.3 Å². The molecule has 1 aromatic heterocycles. The number of nitrogens with two attached hydrogens (primary N) is 2. The number of aromatic nitrogens is 2. The van der Waals surface area contributed by atoms with Gasteiger partial charge in [-0.2, -0.15) is 10.4 Å². The molecule has 3 atom stereocenters. The van der Waals surface area contributed by atoms with Crippen molar-refractivity contribution in [3.8, 4) is 6.07 Å². The van der Waals surface area contributed by atoms with Crippen molar-refractivity contribution in [1.29, 1.82) is 5.26 Å². The molecule has 3 unspecified atom stereocenters. The van der Waals surface area contributed by atoms with Crippen molar-refractivity contribution in [3.63, 3.8) is 0 Å². The molecule has 5 N–H and O–H groups in total. The van der Waals surface area contributed by atoms with E-state index in [1.54, 1.807) is 10.9 Å². The Kier molecular flexibility index (Phi) is 3.28. The highest BCUT2D eigenvalue weighted by Gasteiger charge is 2.29. The van der Waals surface area contributed by atoms with E-state index in [1.807, 2.05) is 0 Å². The van der Waals surface area contributed by atoms with Crippen molar-refractivity contribution in [2.75, 3.05) is 18.9 Å². The van der Waals surface area contributed by atoms with E-state index in [9.17, 15) is 5.11 Å². The average molecular weight is 237 g/mol. The Hall–Kier alpha value is -1.62. The van der Waals surface area contributed by atoms with Crippen molar-refractivity contribution in [1.82, 2.24) is 9.78 Å². The molecule has 1 aromatic rings.